The molecule has 0 bridgehead atoms. The zero-order valence-corrected chi connectivity index (χ0v) is 23.1. The number of hydrogen-bond acceptors (Lipinski definition) is 8. The van der Waals surface area contributed by atoms with E-state index in [1.807, 2.05) is 30.3 Å². The summed E-state index contributed by atoms with van der Waals surface area (Å²) in [6, 6.07) is 12.3. The van der Waals surface area contributed by atoms with Crippen molar-refractivity contribution in [3.8, 4) is 17.2 Å². The fourth-order valence-corrected chi connectivity index (χ4v) is 5.33. The van der Waals surface area contributed by atoms with Crippen LogP contribution in [0.15, 0.2) is 63.5 Å². The van der Waals surface area contributed by atoms with Crippen molar-refractivity contribution >= 4 is 23.4 Å². The van der Waals surface area contributed by atoms with Crippen LogP contribution in [0, 0.1) is 0 Å². The molecule has 1 atom stereocenters. The van der Waals surface area contributed by atoms with Crippen molar-refractivity contribution in [2.24, 2.45) is 4.99 Å². The molecule has 0 fully saturated rings. The Kier molecular flexibility index (Phi) is 8.68. The highest BCUT2D eigenvalue weighted by Crippen LogP contribution is 2.32. The number of carbonyl (C=O) groups excluding carboxylic acids is 1. The summed E-state index contributed by atoms with van der Waals surface area (Å²) in [6.45, 7) is 6.49. The average Bonchev–Trinajstić information content (AvgIpc) is 3.22. The van der Waals surface area contributed by atoms with E-state index in [-0.39, 0.29) is 12.2 Å². The highest BCUT2D eigenvalue weighted by molar-refractivity contribution is 7.07. The molecule has 3 aromatic rings. The number of allylic oxidation sites excluding steroid dienone is 1. The molecule has 0 saturated heterocycles. The second-order valence-electron chi connectivity index (χ2n) is 8.69. The lowest BCUT2D eigenvalue weighted by atomic mass is 9.96. The Hall–Kier alpha value is -3.85. The standard InChI is InChI=1S/C29H32N2O6S/c1-6-8-15-37-21-12-10-20(11-13-21)26-25(28(33)36-7-2)18(3)30-29-31(26)27(32)24(38-29)17-19-9-14-22(34-4)23(16-19)35-5/h9-14,16-17,26H,6-8,15H2,1-5H3. The topological polar surface area (TPSA) is 88.4 Å². The van der Waals surface area contributed by atoms with E-state index in [2.05, 4.69) is 11.9 Å². The van der Waals surface area contributed by atoms with E-state index in [1.54, 1.807) is 50.8 Å². The van der Waals surface area contributed by atoms with Crippen molar-refractivity contribution in [1.29, 1.82) is 0 Å². The number of rotatable bonds is 10. The normalized spacial score (nSPS) is 15.1. The van der Waals surface area contributed by atoms with Crippen LogP contribution in [0.3, 0.4) is 0 Å². The number of aromatic nitrogens is 1. The van der Waals surface area contributed by atoms with Crippen molar-refractivity contribution in [3.05, 3.63) is 84.5 Å². The molecule has 0 aliphatic carbocycles. The number of carbonyl (C=O) groups is 1. The predicted octanol–water partition coefficient (Wildman–Crippen LogP) is 3.99. The van der Waals surface area contributed by atoms with Crippen LogP contribution in [-0.4, -0.2) is 38.0 Å². The maximum absolute atomic E-state index is 13.8. The Bertz CT molecular complexity index is 1520. The summed E-state index contributed by atoms with van der Waals surface area (Å²) < 4.78 is 24.0. The fraction of sp³-hybridized carbons (Fsp3) is 0.345. The third-order valence-corrected chi connectivity index (χ3v) is 7.17. The molecule has 2 heterocycles. The van der Waals surface area contributed by atoms with Gasteiger partial charge in [0, 0.05) is 0 Å². The summed E-state index contributed by atoms with van der Waals surface area (Å²) in [4.78, 5) is 32.0. The van der Waals surface area contributed by atoms with Gasteiger partial charge in [0.05, 0.1) is 49.3 Å². The minimum atomic E-state index is -0.678. The van der Waals surface area contributed by atoms with Crippen molar-refractivity contribution in [1.82, 2.24) is 4.57 Å². The molecule has 1 aromatic heterocycles. The molecule has 0 N–H and O–H groups in total. The summed E-state index contributed by atoms with van der Waals surface area (Å²) >= 11 is 1.27. The highest BCUT2D eigenvalue weighted by atomic mass is 32.1. The van der Waals surface area contributed by atoms with Gasteiger partial charge in [-0.3, -0.25) is 9.36 Å². The molecule has 0 spiro atoms. The number of fused-ring (bicyclic) bond motifs is 1. The Morgan fingerprint density at radius 3 is 2.47 bits per heavy atom. The van der Waals surface area contributed by atoms with Crippen LogP contribution in [-0.2, 0) is 9.53 Å². The molecular weight excluding hydrogens is 504 g/mol. The first-order valence-electron chi connectivity index (χ1n) is 12.6. The van der Waals surface area contributed by atoms with Crippen molar-refractivity contribution in [2.45, 2.75) is 39.7 Å². The second kappa shape index (κ2) is 12.1. The second-order valence-corrected chi connectivity index (χ2v) is 9.70. The van der Waals surface area contributed by atoms with Crippen LogP contribution in [0.25, 0.3) is 6.08 Å². The van der Waals surface area contributed by atoms with Crippen molar-refractivity contribution < 1.29 is 23.7 Å². The summed E-state index contributed by atoms with van der Waals surface area (Å²) in [5.74, 6) is 1.41. The van der Waals surface area contributed by atoms with E-state index < -0.39 is 12.0 Å². The summed E-state index contributed by atoms with van der Waals surface area (Å²) in [5, 5.41) is 0. The third-order valence-electron chi connectivity index (χ3n) is 6.18. The lowest BCUT2D eigenvalue weighted by Gasteiger charge is -2.24. The molecule has 9 heteroatoms. The Morgan fingerprint density at radius 1 is 1.08 bits per heavy atom. The van der Waals surface area contributed by atoms with Crippen LogP contribution in [0.1, 0.15) is 50.8 Å². The molecule has 38 heavy (non-hydrogen) atoms. The quantitative estimate of drug-likeness (QED) is 0.288. The number of hydrogen-bond donors (Lipinski definition) is 0. The van der Waals surface area contributed by atoms with Gasteiger partial charge in [-0.05, 0) is 61.7 Å². The number of methoxy groups -OCH3 is 2. The van der Waals surface area contributed by atoms with Crippen molar-refractivity contribution in [2.75, 3.05) is 27.4 Å². The summed E-state index contributed by atoms with van der Waals surface area (Å²) in [7, 11) is 3.14. The van der Waals surface area contributed by atoms with Gasteiger partial charge >= 0.3 is 5.97 Å². The van der Waals surface area contributed by atoms with Gasteiger partial charge in [-0.25, -0.2) is 9.79 Å². The van der Waals surface area contributed by atoms with Crippen LogP contribution in [0.4, 0.5) is 0 Å². The Labute approximate surface area is 225 Å². The van der Waals surface area contributed by atoms with Crippen LogP contribution >= 0.6 is 11.3 Å². The monoisotopic (exact) mass is 536 g/mol. The third kappa shape index (κ3) is 5.52. The van der Waals surface area contributed by atoms with Gasteiger partial charge in [-0.2, -0.15) is 0 Å². The first kappa shape index (κ1) is 27.2. The molecule has 1 aliphatic rings. The van der Waals surface area contributed by atoms with Crippen molar-refractivity contribution in [3.63, 3.8) is 0 Å². The van der Waals surface area contributed by atoms with Gasteiger partial charge in [0.25, 0.3) is 5.56 Å². The molecule has 1 aliphatic heterocycles. The minimum Gasteiger partial charge on any atom is -0.494 e. The van der Waals surface area contributed by atoms with E-state index in [4.69, 9.17) is 18.9 Å². The lowest BCUT2D eigenvalue weighted by Crippen LogP contribution is -2.39. The zero-order chi connectivity index (χ0) is 27.2. The van der Waals surface area contributed by atoms with Crippen LogP contribution in [0.2, 0.25) is 0 Å². The maximum Gasteiger partial charge on any atom is 0.338 e. The minimum absolute atomic E-state index is 0.219. The van der Waals surface area contributed by atoms with Gasteiger partial charge in [-0.15, -0.1) is 0 Å². The molecule has 2 aromatic carbocycles. The van der Waals surface area contributed by atoms with E-state index in [0.29, 0.717) is 38.7 Å². The number of esters is 1. The van der Waals surface area contributed by atoms with E-state index >= 15 is 0 Å². The number of benzene rings is 2. The molecule has 0 saturated carbocycles. The van der Waals surface area contributed by atoms with Crippen LogP contribution < -0.4 is 29.1 Å². The van der Waals surface area contributed by atoms with Gasteiger partial charge in [0.15, 0.2) is 16.3 Å². The number of nitrogens with zero attached hydrogens (tertiary/aromatic N) is 2. The zero-order valence-electron chi connectivity index (χ0n) is 22.3. The van der Waals surface area contributed by atoms with Gasteiger partial charge < -0.3 is 18.9 Å². The number of thiazole rings is 1. The first-order valence-corrected chi connectivity index (χ1v) is 13.4. The SMILES string of the molecule is CCCCOc1ccc(C2C(C(=O)OCC)=C(C)N=c3sc(=Cc4ccc(OC)c(OC)c4)c(=O)n32)cc1. The summed E-state index contributed by atoms with van der Waals surface area (Å²) in [6.07, 6.45) is 3.80. The molecule has 0 amide bonds. The van der Waals surface area contributed by atoms with Gasteiger partial charge in [0.2, 0.25) is 0 Å². The molecule has 8 nitrogen and oxygen atoms in total. The van der Waals surface area contributed by atoms with Gasteiger partial charge in [-0.1, -0.05) is 42.9 Å². The lowest BCUT2D eigenvalue weighted by molar-refractivity contribution is -0.139. The largest absolute Gasteiger partial charge is 0.494 e. The summed E-state index contributed by atoms with van der Waals surface area (Å²) in [5.41, 5.74) is 2.17. The fourth-order valence-electron chi connectivity index (χ4n) is 4.28. The first-order chi connectivity index (χ1) is 18.4. The number of unbranched alkanes of at least 4 members (excludes halogenated alkanes) is 1. The smallest absolute Gasteiger partial charge is 0.338 e. The van der Waals surface area contributed by atoms with E-state index in [9.17, 15) is 9.59 Å². The Balaban J connectivity index is 1.83. The molecule has 1 unspecified atom stereocenters. The Morgan fingerprint density at radius 2 is 1.82 bits per heavy atom. The number of ether oxygens (including phenoxy) is 4. The molecule has 0 radical (unpaired) electrons. The predicted molar refractivity (Wildman–Crippen MR) is 147 cm³/mol. The molecule has 200 valence electrons. The maximum atomic E-state index is 13.8. The highest BCUT2D eigenvalue weighted by Gasteiger charge is 2.33. The van der Waals surface area contributed by atoms with E-state index in [1.165, 1.54) is 11.3 Å². The molecular formula is C29H32N2O6S. The van der Waals surface area contributed by atoms with Gasteiger partial charge in [0.1, 0.15) is 5.75 Å². The average molecular weight is 537 g/mol. The van der Waals surface area contributed by atoms with E-state index in [0.717, 1.165) is 29.7 Å². The molecule has 4 rings (SSSR count). The van der Waals surface area contributed by atoms with Crippen LogP contribution in [0.5, 0.6) is 17.2 Å².